The highest BCUT2D eigenvalue weighted by Crippen LogP contribution is 2.02. The van der Waals surface area contributed by atoms with Gasteiger partial charge in [0, 0.05) is 0 Å². The Bertz CT molecular complexity index is 168. The van der Waals surface area contributed by atoms with E-state index in [9.17, 15) is 0 Å². The van der Waals surface area contributed by atoms with Crippen LogP contribution in [0.3, 0.4) is 0 Å². The van der Waals surface area contributed by atoms with Gasteiger partial charge in [-0.25, -0.2) is 0 Å². The van der Waals surface area contributed by atoms with Crippen LogP contribution in [0.4, 0.5) is 0 Å². The fourth-order valence-corrected chi connectivity index (χ4v) is 1.01. The molecule has 2 heteroatoms. The van der Waals surface area contributed by atoms with Crippen LogP contribution in [-0.2, 0) is 12.6 Å². The van der Waals surface area contributed by atoms with Crippen LogP contribution in [0.25, 0.3) is 0 Å². The lowest BCUT2D eigenvalue weighted by Gasteiger charge is -1.97. The van der Waals surface area contributed by atoms with Crippen molar-refractivity contribution in [1.29, 1.82) is 0 Å². The molecule has 0 fully saturated rings. The van der Waals surface area contributed by atoms with Crippen molar-refractivity contribution in [1.82, 2.24) is 0 Å². The highest BCUT2D eigenvalue weighted by Gasteiger charge is 1.88. The average Bonchev–Trinajstić information content (AvgIpc) is 2.05. The van der Waals surface area contributed by atoms with Crippen molar-refractivity contribution in [2.75, 3.05) is 0 Å². The maximum atomic E-state index is 2.21. The van der Waals surface area contributed by atoms with E-state index >= 15 is 0 Å². The summed E-state index contributed by atoms with van der Waals surface area (Å²) < 4.78 is 0. The molecule has 0 atom stereocenters. The third-order valence-electron chi connectivity index (χ3n) is 1.84. The largest absolute Gasteiger partial charge is 0.107 e. The SMILES string of the molecule is BCc1ccc(CB)cc1. The summed E-state index contributed by atoms with van der Waals surface area (Å²) in [7, 11) is 4.36. The summed E-state index contributed by atoms with van der Waals surface area (Å²) in [4.78, 5) is 0. The Hall–Kier alpha value is -0.650. The number of hydrogen-bond donors (Lipinski definition) is 0. The molecule has 0 N–H and O–H groups in total. The molecule has 0 aliphatic heterocycles. The molecule has 10 heavy (non-hydrogen) atoms. The molecule has 1 aromatic rings. The highest BCUT2D eigenvalue weighted by atomic mass is 13.9. The van der Waals surface area contributed by atoms with Crippen LogP contribution in [-0.4, -0.2) is 15.7 Å². The Labute approximate surface area is 64.5 Å². The minimum atomic E-state index is 1.14. The van der Waals surface area contributed by atoms with Gasteiger partial charge in [0.15, 0.2) is 0 Å². The first kappa shape index (κ1) is 7.46. The average molecular weight is 130 g/mol. The van der Waals surface area contributed by atoms with Crippen molar-refractivity contribution in [2.24, 2.45) is 0 Å². The summed E-state index contributed by atoms with van der Waals surface area (Å²) in [6.07, 6.45) is 2.29. The van der Waals surface area contributed by atoms with E-state index in [-0.39, 0.29) is 0 Å². The molecule has 0 unspecified atom stereocenters. The predicted octanol–water partition coefficient (Wildman–Crippen LogP) is -0.0472. The van der Waals surface area contributed by atoms with Crippen LogP contribution in [0.1, 0.15) is 11.1 Å². The molecule has 0 bridgehead atoms. The summed E-state index contributed by atoms with van der Waals surface area (Å²) >= 11 is 0. The second-order valence-corrected chi connectivity index (χ2v) is 2.52. The molecule has 0 amide bonds. The smallest absolute Gasteiger partial charge is 0.0595 e. The summed E-state index contributed by atoms with van der Waals surface area (Å²) in [5.74, 6) is 0. The van der Waals surface area contributed by atoms with Crippen molar-refractivity contribution >= 4 is 15.7 Å². The maximum absolute atomic E-state index is 2.21. The molecule has 0 saturated carbocycles. The standard InChI is InChI=1S/C8H12B2/c9-5-7-1-2-8(6-10)4-3-7/h1-4H,5-6,9-10H2. The van der Waals surface area contributed by atoms with Gasteiger partial charge in [0.05, 0.1) is 0 Å². The van der Waals surface area contributed by atoms with Crippen LogP contribution < -0.4 is 0 Å². The molecular formula is C8H12B2. The Morgan fingerprint density at radius 3 is 1.30 bits per heavy atom. The van der Waals surface area contributed by atoms with Gasteiger partial charge in [-0.1, -0.05) is 48.0 Å². The van der Waals surface area contributed by atoms with E-state index in [0.717, 1.165) is 12.6 Å². The van der Waals surface area contributed by atoms with Gasteiger partial charge in [-0.3, -0.25) is 0 Å². The molecule has 1 aromatic carbocycles. The number of benzene rings is 1. The van der Waals surface area contributed by atoms with Gasteiger partial charge in [-0.05, 0) is 0 Å². The Morgan fingerprint density at radius 1 is 0.800 bits per heavy atom. The second kappa shape index (κ2) is 3.50. The molecular weight excluding hydrogens is 118 g/mol. The van der Waals surface area contributed by atoms with Gasteiger partial charge >= 0.3 is 0 Å². The Balaban J connectivity index is 2.80. The fourth-order valence-electron chi connectivity index (χ4n) is 1.01. The quantitative estimate of drug-likeness (QED) is 0.492. The van der Waals surface area contributed by atoms with Gasteiger partial charge in [0.2, 0.25) is 0 Å². The highest BCUT2D eigenvalue weighted by molar-refractivity contribution is 6.08. The first-order valence-electron chi connectivity index (χ1n) is 3.94. The molecule has 0 aliphatic rings. The topological polar surface area (TPSA) is 0 Å². The van der Waals surface area contributed by atoms with E-state index in [4.69, 9.17) is 0 Å². The zero-order valence-electron chi connectivity index (χ0n) is 6.72. The zero-order chi connectivity index (χ0) is 7.40. The molecule has 0 nitrogen and oxygen atoms in total. The van der Waals surface area contributed by atoms with Crippen LogP contribution >= 0.6 is 0 Å². The number of rotatable bonds is 2. The lowest BCUT2D eigenvalue weighted by molar-refractivity contribution is 1.33. The molecule has 1 rings (SSSR count). The first-order valence-corrected chi connectivity index (χ1v) is 3.94. The molecule has 0 saturated heterocycles. The normalized spacial score (nSPS) is 9.60. The summed E-state index contributed by atoms with van der Waals surface area (Å²) in [6, 6.07) is 8.83. The minimum absolute atomic E-state index is 1.14. The molecule has 50 valence electrons. The Morgan fingerprint density at radius 2 is 1.10 bits per heavy atom. The summed E-state index contributed by atoms with van der Waals surface area (Å²) in [5, 5.41) is 0. The lowest BCUT2D eigenvalue weighted by atomic mass is 9.92. The van der Waals surface area contributed by atoms with Gasteiger partial charge in [0.25, 0.3) is 0 Å². The molecule has 0 aromatic heterocycles. The van der Waals surface area contributed by atoms with E-state index in [0.29, 0.717) is 0 Å². The second-order valence-electron chi connectivity index (χ2n) is 2.52. The third kappa shape index (κ3) is 1.66. The van der Waals surface area contributed by atoms with Crippen molar-refractivity contribution in [3.8, 4) is 0 Å². The zero-order valence-corrected chi connectivity index (χ0v) is 6.72. The molecule has 0 aliphatic carbocycles. The van der Waals surface area contributed by atoms with Crippen molar-refractivity contribution in [3.05, 3.63) is 35.4 Å². The third-order valence-corrected chi connectivity index (χ3v) is 1.84. The van der Waals surface area contributed by atoms with Crippen LogP contribution in [0.5, 0.6) is 0 Å². The van der Waals surface area contributed by atoms with Gasteiger partial charge in [-0.15, -0.1) is 0 Å². The van der Waals surface area contributed by atoms with Crippen molar-refractivity contribution in [2.45, 2.75) is 12.6 Å². The fraction of sp³-hybridized carbons (Fsp3) is 0.250. The van der Waals surface area contributed by atoms with E-state index in [1.165, 1.54) is 11.1 Å². The van der Waals surface area contributed by atoms with Crippen LogP contribution in [0, 0.1) is 0 Å². The van der Waals surface area contributed by atoms with E-state index in [1.54, 1.807) is 0 Å². The maximum Gasteiger partial charge on any atom is 0.107 e. The van der Waals surface area contributed by atoms with Crippen LogP contribution in [0.2, 0.25) is 0 Å². The van der Waals surface area contributed by atoms with E-state index in [1.807, 2.05) is 0 Å². The predicted molar refractivity (Wildman–Crippen MR) is 50.9 cm³/mol. The minimum Gasteiger partial charge on any atom is -0.0595 e. The molecule has 0 spiro atoms. The van der Waals surface area contributed by atoms with Crippen molar-refractivity contribution < 1.29 is 0 Å². The van der Waals surface area contributed by atoms with E-state index in [2.05, 4.69) is 40.0 Å². The number of hydrogen-bond acceptors (Lipinski definition) is 0. The van der Waals surface area contributed by atoms with Gasteiger partial charge in [-0.2, -0.15) is 0 Å². The molecule has 0 heterocycles. The van der Waals surface area contributed by atoms with Gasteiger partial charge < -0.3 is 0 Å². The van der Waals surface area contributed by atoms with Gasteiger partial charge in [0.1, 0.15) is 15.7 Å². The van der Waals surface area contributed by atoms with E-state index < -0.39 is 0 Å². The lowest BCUT2D eigenvalue weighted by Crippen LogP contribution is -1.86. The summed E-state index contributed by atoms with van der Waals surface area (Å²) in [6.45, 7) is 0. The monoisotopic (exact) mass is 130 g/mol. The van der Waals surface area contributed by atoms with Crippen LogP contribution in [0.15, 0.2) is 24.3 Å². The first-order chi connectivity index (χ1) is 4.86. The molecule has 0 radical (unpaired) electrons. The summed E-state index contributed by atoms with van der Waals surface area (Å²) in [5.41, 5.74) is 2.86. The van der Waals surface area contributed by atoms with Crippen molar-refractivity contribution in [3.63, 3.8) is 0 Å². The Kier molecular flexibility index (Phi) is 2.61.